The first-order valence-electron chi connectivity index (χ1n) is 7.07. The van der Waals surface area contributed by atoms with Crippen molar-refractivity contribution in [3.05, 3.63) is 40.6 Å². The summed E-state index contributed by atoms with van der Waals surface area (Å²) in [6.07, 6.45) is 2.13. The predicted octanol–water partition coefficient (Wildman–Crippen LogP) is 1.87. The molecule has 0 spiro atoms. The molecule has 0 aliphatic rings. The average Bonchev–Trinajstić information content (AvgIpc) is 2.89. The molecule has 122 valence electrons. The van der Waals surface area contributed by atoms with Crippen molar-refractivity contribution in [3.8, 4) is 0 Å². The quantitative estimate of drug-likeness (QED) is 0.619. The van der Waals surface area contributed by atoms with E-state index in [2.05, 4.69) is 0 Å². The number of carboxylic acid groups (broad SMARTS) is 1. The van der Waals surface area contributed by atoms with Gasteiger partial charge in [0.15, 0.2) is 0 Å². The summed E-state index contributed by atoms with van der Waals surface area (Å²) in [4.78, 5) is 34.4. The molecule has 23 heavy (non-hydrogen) atoms. The Morgan fingerprint density at radius 3 is 2.74 bits per heavy atom. The molecule has 0 radical (unpaired) electrons. The minimum absolute atomic E-state index is 0.00682. The third kappa shape index (κ3) is 4.06. The lowest BCUT2D eigenvalue weighted by Crippen LogP contribution is -2.31. The lowest BCUT2D eigenvalue weighted by atomic mass is 10.2. The molecule has 2 aromatic rings. The predicted molar refractivity (Wildman–Crippen MR) is 83.1 cm³/mol. The van der Waals surface area contributed by atoms with E-state index in [0.29, 0.717) is 18.4 Å². The van der Waals surface area contributed by atoms with Crippen molar-refractivity contribution in [2.75, 3.05) is 13.6 Å². The van der Waals surface area contributed by atoms with Gasteiger partial charge < -0.3 is 14.6 Å². The molecular formula is C15H17N3O5. The Balaban J connectivity index is 2.05. The molecule has 0 bridgehead atoms. The van der Waals surface area contributed by atoms with Crippen molar-refractivity contribution >= 4 is 28.5 Å². The van der Waals surface area contributed by atoms with Gasteiger partial charge in [-0.05, 0) is 18.6 Å². The number of nitrogens with zero attached hydrogens (tertiary/aromatic N) is 3. The van der Waals surface area contributed by atoms with Crippen molar-refractivity contribution in [2.45, 2.75) is 19.4 Å². The van der Waals surface area contributed by atoms with E-state index >= 15 is 0 Å². The highest BCUT2D eigenvalue weighted by Crippen LogP contribution is 2.22. The number of fused-ring (bicyclic) bond motifs is 1. The minimum Gasteiger partial charge on any atom is -0.481 e. The normalized spacial score (nSPS) is 10.7. The highest BCUT2D eigenvalue weighted by atomic mass is 16.6. The molecule has 0 unspecified atom stereocenters. The van der Waals surface area contributed by atoms with Crippen LogP contribution in [0.1, 0.15) is 12.8 Å². The molecule has 0 saturated heterocycles. The van der Waals surface area contributed by atoms with E-state index in [-0.39, 0.29) is 24.6 Å². The van der Waals surface area contributed by atoms with Gasteiger partial charge in [-0.25, -0.2) is 0 Å². The Hall–Kier alpha value is -2.90. The van der Waals surface area contributed by atoms with Crippen LogP contribution in [-0.4, -0.2) is 45.0 Å². The van der Waals surface area contributed by atoms with Gasteiger partial charge in [-0.15, -0.1) is 0 Å². The lowest BCUT2D eigenvalue weighted by molar-refractivity contribution is -0.384. The number of carboxylic acids is 1. The van der Waals surface area contributed by atoms with Gasteiger partial charge in [-0.1, -0.05) is 0 Å². The zero-order chi connectivity index (χ0) is 17.0. The summed E-state index contributed by atoms with van der Waals surface area (Å²) in [5.41, 5.74) is 0.746. The van der Waals surface area contributed by atoms with Gasteiger partial charge in [-0.2, -0.15) is 0 Å². The SMILES string of the molecule is CN(CCCC(=O)O)C(=O)Cn1ccc2cc([N+](=O)[O-])ccc21. The third-order valence-electron chi connectivity index (χ3n) is 3.58. The van der Waals surface area contributed by atoms with E-state index < -0.39 is 10.9 Å². The van der Waals surface area contributed by atoms with Crippen molar-refractivity contribution in [3.63, 3.8) is 0 Å². The summed E-state index contributed by atoms with van der Waals surface area (Å²) in [6, 6.07) is 6.21. The molecule has 1 amide bonds. The Kier molecular flexibility index (Phi) is 4.95. The summed E-state index contributed by atoms with van der Waals surface area (Å²) in [5, 5.41) is 20.1. The second kappa shape index (κ2) is 6.91. The molecule has 1 N–H and O–H groups in total. The van der Waals surface area contributed by atoms with Crippen molar-refractivity contribution in [2.24, 2.45) is 0 Å². The van der Waals surface area contributed by atoms with Gasteiger partial charge in [0.1, 0.15) is 6.54 Å². The van der Waals surface area contributed by atoms with Gasteiger partial charge in [0.25, 0.3) is 5.69 Å². The first-order chi connectivity index (χ1) is 10.9. The fraction of sp³-hybridized carbons (Fsp3) is 0.333. The number of carbonyl (C=O) groups excluding carboxylic acids is 1. The summed E-state index contributed by atoms with van der Waals surface area (Å²) >= 11 is 0. The maximum atomic E-state index is 12.2. The summed E-state index contributed by atoms with van der Waals surface area (Å²) < 4.78 is 1.72. The van der Waals surface area contributed by atoms with Gasteiger partial charge in [-0.3, -0.25) is 19.7 Å². The molecule has 0 aliphatic carbocycles. The molecule has 1 heterocycles. The Morgan fingerprint density at radius 2 is 2.09 bits per heavy atom. The summed E-state index contributed by atoms with van der Waals surface area (Å²) in [5.74, 6) is -1.03. The number of aromatic nitrogens is 1. The fourth-order valence-corrected chi connectivity index (χ4v) is 2.30. The molecule has 2 rings (SSSR count). The number of nitro benzene ring substituents is 1. The van der Waals surface area contributed by atoms with Gasteiger partial charge in [0.2, 0.25) is 5.91 Å². The smallest absolute Gasteiger partial charge is 0.303 e. The van der Waals surface area contributed by atoms with Crippen LogP contribution in [0.25, 0.3) is 10.9 Å². The first kappa shape index (κ1) is 16.5. The van der Waals surface area contributed by atoms with Gasteiger partial charge >= 0.3 is 5.97 Å². The van der Waals surface area contributed by atoms with E-state index in [1.165, 1.54) is 17.0 Å². The molecule has 0 saturated carbocycles. The second-order valence-electron chi connectivity index (χ2n) is 5.26. The van der Waals surface area contributed by atoms with Crippen molar-refractivity contribution in [1.82, 2.24) is 9.47 Å². The maximum Gasteiger partial charge on any atom is 0.303 e. The summed E-state index contributed by atoms with van der Waals surface area (Å²) in [6.45, 7) is 0.473. The van der Waals surface area contributed by atoms with Crippen LogP contribution in [0.15, 0.2) is 30.5 Å². The third-order valence-corrected chi connectivity index (χ3v) is 3.58. The standard InChI is InChI=1S/C15H17N3O5/c1-16(7-2-3-15(20)21)14(19)10-17-8-6-11-9-12(18(22)23)4-5-13(11)17/h4-6,8-9H,2-3,7,10H2,1H3,(H,20,21). The number of amides is 1. The number of hydrogen-bond donors (Lipinski definition) is 1. The topological polar surface area (TPSA) is 106 Å². The number of nitro groups is 1. The van der Waals surface area contributed by atoms with Crippen molar-refractivity contribution in [1.29, 1.82) is 0 Å². The Bertz CT molecular complexity index is 753. The number of rotatable bonds is 7. The number of aliphatic carboxylic acids is 1. The molecule has 1 aromatic carbocycles. The van der Waals surface area contributed by atoms with Crippen LogP contribution < -0.4 is 0 Å². The zero-order valence-electron chi connectivity index (χ0n) is 12.6. The van der Waals surface area contributed by atoms with Crippen molar-refractivity contribution < 1.29 is 19.6 Å². The minimum atomic E-state index is -0.885. The van der Waals surface area contributed by atoms with Crippen LogP contribution in [-0.2, 0) is 16.1 Å². The molecule has 0 atom stereocenters. The van der Waals surface area contributed by atoms with Crippen LogP contribution in [0.3, 0.4) is 0 Å². The Labute approximate surface area is 132 Å². The highest BCUT2D eigenvalue weighted by molar-refractivity contribution is 5.85. The summed E-state index contributed by atoms with van der Waals surface area (Å²) in [7, 11) is 1.63. The maximum absolute atomic E-state index is 12.2. The first-order valence-corrected chi connectivity index (χ1v) is 7.07. The van der Waals surface area contributed by atoms with E-state index in [1.54, 1.807) is 29.9 Å². The molecule has 0 fully saturated rings. The average molecular weight is 319 g/mol. The van der Waals surface area contributed by atoms with Gasteiger partial charge in [0, 0.05) is 49.2 Å². The second-order valence-corrected chi connectivity index (χ2v) is 5.26. The van der Waals surface area contributed by atoms with Crippen LogP contribution in [0.5, 0.6) is 0 Å². The lowest BCUT2D eigenvalue weighted by Gasteiger charge is -2.17. The zero-order valence-corrected chi connectivity index (χ0v) is 12.6. The monoisotopic (exact) mass is 319 g/mol. The van der Waals surface area contributed by atoms with E-state index in [9.17, 15) is 19.7 Å². The number of likely N-dealkylation sites (N-methyl/N-ethyl adjacent to an activating group) is 1. The van der Waals surface area contributed by atoms with Gasteiger partial charge in [0.05, 0.1) is 4.92 Å². The van der Waals surface area contributed by atoms with E-state index in [1.807, 2.05) is 0 Å². The number of carbonyl (C=O) groups is 2. The molecule has 1 aromatic heterocycles. The van der Waals surface area contributed by atoms with Crippen LogP contribution >= 0.6 is 0 Å². The van der Waals surface area contributed by atoms with Crippen LogP contribution in [0, 0.1) is 10.1 Å². The van der Waals surface area contributed by atoms with E-state index in [4.69, 9.17) is 5.11 Å². The molecular weight excluding hydrogens is 302 g/mol. The van der Waals surface area contributed by atoms with Crippen LogP contribution in [0.2, 0.25) is 0 Å². The highest BCUT2D eigenvalue weighted by Gasteiger charge is 2.13. The number of benzene rings is 1. The number of non-ortho nitro benzene ring substituents is 1. The molecule has 8 heteroatoms. The molecule has 8 nitrogen and oxygen atoms in total. The fourth-order valence-electron chi connectivity index (χ4n) is 2.30. The van der Waals surface area contributed by atoms with E-state index in [0.717, 1.165) is 5.52 Å². The largest absolute Gasteiger partial charge is 0.481 e. The van der Waals surface area contributed by atoms with Crippen LogP contribution in [0.4, 0.5) is 5.69 Å². The molecule has 0 aliphatic heterocycles. The number of hydrogen-bond acceptors (Lipinski definition) is 4. The Morgan fingerprint density at radius 1 is 1.35 bits per heavy atom.